The van der Waals surface area contributed by atoms with Gasteiger partial charge in [-0.15, -0.1) is 0 Å². The fourth-order valence-electron chi connectivity index (χ4n) is 1.69. The number of rotatable bonds is 4. The maximum absolute atomic E-state index is 12.4. The zero-order chi connectivity index (χ0) is 14.8. The van der Waals surface area contributed by atoms with Gasteiger partial charge < -0.3 is 5.73 Å². The number of nitrogens with one attached hydrogen (secondary N) is 1. The van der Waals surface area contributed by atoms with Crippen LogP contribution >= 0.6 is 15.9 Å². The molecule has 0 aliphatic carbocycles. The molecule has 0 atom stereocenters. The van der Waals surface area contributed by atoms with Crippen molar-refractivity contribution in [2.24, 2.45) is 5.73 Å². The summed E-state index contributed by atoms with van der Waals surface area (Å²) in [5.74, 6) is 0.269. The Labute approximate surface area is 126 Å². The van der Waals surface area contributed by atoms with Crippen LogP contribution in [0.15, 0.2) is 45.9 Å². The quantitative estimate of drug-likeness (QED) is 0.881. The lowest BCUT2D eigenvalue weighted by molar-refractivity contribution is 0.600. The van der Waals surface area contributed by atoms with Crippen LogP contribution in [0.1, 0.15) is 11.1 Å². The molecule has 2 aromatic rings. The first-order valence-corrected chi connectivity index (χ1v) is 8.14. The van der Waals surface area contributed by atoms with Crippen molar-refractivity contribution >= 4 is 31.8 Å². The van der Waals surface area contributed by atoms with Crippen LogP contribution in [0, 0.1) is 6.92 Å². The predicted octanol–water partition coefficient (Wildman–Crippen LogP) is 2.41. The molecular formula is C13H14BrN3O2S. The first-order valence-electron chi connectivity index (χ1n) is 5.86. The third-order valence-electron chi connectivity index (χ3n) is 2.74. The zero-order valence-corrected chi connectivity index (χ0v) is 13.2. The van der Waals surface area contributed by atoms with Crippen molar-refractivity contribution in [3.63, 3.8) is 0 Å². The summed E-state index contributed by atoms with van der Waals surface area (Å²) in [5.41, 5.74) is 6.97. The molecule has 106 valence electrons. The van der Waals surface area contributed by atoms with Gasteiger partial charge in [-0.1, -0.05) is 12.1 Å². The standard InChI is InChI=1S/C13H14BrN3O2S/c1-9-2-3-10(7-15)6-12(9)20(18,19)17-13-5-4-11(14)8-16-13/h2-6,8H,7,15H2,1H3,(H,16,17). The van der Waals surface area contributed by atoms with Crippen molar-refractivity contribution in [3.8, 4) is 0 Å². The minimum absolute atomic E-state index is 0.213. The molecule has 20 heavy (non-hydrogen) atoms. The predicted molar refractivity (Wildman–Crippen MR) is 81.8 cm³/mol. The fourth-order valence-corrected chi connectivity index (χ4v) is 3.23. The Morgan fingerprint density at radius 2 is 2.05 bits per heavy atom. The molecule has 0 bridgehead atoms. The highest BCUT2D eigenvalue weighted by Gasteiger charge is 2.17. The number of aryl methyl sites for hydroxylation is 1. The lowest BCUT2D eigenvalue weighted by Gasteiger charge is -2.11. The van der Waals surface area contributed by atoms with E-state index in [1.54, 1.807) is 31.2 Å². The minimum Gasteiger partial charge on any atom is -0.326 e. The van der Waals surface area contributed by atoms with Gasteiger partial charge in [-0.2, -0.15) is 0 Å². The lowest BCUT2D eigenvalue weighted by atomic mass is 10.1. The smallest absolute Gasteiger partial charge is 0.263 e. The van der Waals surface area contributed by atoms with Gasteiger partial charge in [0.1, 0.15) is 5.82 Å². The summed E-state index contributed by atoms with van der Waals surface area (Å²) in [5, 5.41) is 0. The van der Waals surface area contributed by atoms with E-state index in [-0.39, 0.29) is 10.7 Å². The topological polar surface area (TPSA) is 85.1 Å². The number of hydrogen-bond acceptors (Lipinski definition) is 4. The molecule has 0 saturated carbocycles. The number of hydrogen-bond donors (Lipinski definition) is 2. The molecule has 0 fully saturated rings. The molecule has 0 unspecified atom stereocenters. The number of nitrogens with two attached hydrogens (primary N) is 1. The van der Waals surface area contributed by atoms with Crippen molar-refractivity contribution in [2.45, 2.75) is 18.4 Å². The number of sulfonamides is 1. The van der Waals surface area contributed by atoms with E-state index in [1.165, 1.54) is 6.20 Å². The van der Waals surface area contributed by atoms with E-state index in [0.29, 0.717) is 12.1 Å². The first kappa shape index (κ1) is 15.0. The summed E-state index contributed by atoms with van der Waals surface area (Å²) in [6.45, 7) is 2.03. The lowest BCUT2D eigenvalue weighted by Crippen LogP contribution is -2.15. The van der Waals surface area contributed by atoms with Crippen molar-refractivity contribution in [3.05, 3.63) is 52.1 Å². The van der Waals surface area contributed by atoms with Gasteiger partial charge in [0, 0.05) is 17.2 Å². The molecule has 0 amide bonds. The Morgan fingerprint density at radius 3 is 2.65 bits per heavy atom. The highest BCUT2D eigenvalue weighted by atomic mass is 79.9. The Hall–Kier alpha value is -1.44. The molecule has 5 nitrogen and oxygen atoms in total. The minimum atomic E-state index is -3.67. The van der Waals surface area contributed by atoms with Crippen molar-refractivity contribution in [1.29, 1.82) is 0 Å². The molecule has 1 aromatic heterocycles. The van der Waals surface area contributed by atoms with Gasteiger partial charge in [-0.3, -0.25) is 4.72 Å². The van der Waals surface area contributed by atoms with Gasteiger partial charge in [0.05, 0.1) is 4.90 Å². The van der Waals surface area contributed by atoms with Crippen LogP contribution in [0.2, 0.25) is 0 Å². The Morgan fingerprint density at radius 1 is 1.30 bits per heavy atom. The molecule has 0 aliphatic heterocycles. The monoisotopic (exact) mass is 355 g/mol. The Bertz CT molecular complexity index is 715. The van der Waals surface area contributed by atoms with Gasteiger partial charge in [-0.05, 0) is 52.2 Å². The van der Waals surface area contributed by atoms with E-state index in [9.17, 15) is 8.42 Å². The molecule has 2 rings (SSSR count). The second-order valence-corrected chi connectivity index (χ2v) is 6.84. The summed E-state index contributed by atoms with van der Waals surface area (Å²) in [6, 6.07) is 8.44. The molecular weight excluding hydrogens is 342 g/mol. The highest BCUT2D eigenvalue weighted by Crippen LogP contribution is 2.20. The number of pyridine rings is 1. The van der Waals surface area contributed by atoms with E-state index in [4.69, 9.17) is 5.73 Å². The van der Waals surface area contributed by atoms with Crippen molar-refractivity contribution in [1.82, 2.24) is 4.98 Å². The Balaban J connectivity index is 2.37. The fraction of sp³-hybridized carbons (Fsp3) is 0.154. The van der Waals surface area contributed by atoms with Gasteiger partial charge in [0.25, 0.3) is 10.0 Å². The van der Waals surface area contributed by atoms with Gasteiger partial charge >= 0.3 is 0 Å². The molecule has 0 spiro atoms. The van der Waals surface area contributed by atoms with Crippen LogP contribution in [0.5, 0.6) is 0 Å². The molecule has 0 radical (unpaired) electrons. The largest absolute Gasteiger partial charge is 0.326 e. The normalized spacial score (nSPS) is 11.3. The maximum Gasteiger partial charge on any atom is 0.263 e. The second kappa shape index (κ2) is 5.90. The number of benzene rings is 1. The number of halogens is 1. The van der Waals surface area contributed by atoms with E-state index in [2.05, 4.69) is 25.6 Å². The average Bonchev–Trinajstić information content (AvgIpc) is 2.41. The summed E-state index contributed by atoms with van der Waals surface area (Å²) >= 11 is 3.25. The SMILES string of the molecule is Cc1ccc(CN)cc1S(=O)(=O)Nc1ccc(Br)cn1. The molecule has 0 saturated heterocycles. The number of aromatic nitrogens is 1. The summed E-state index contributed by atoms with van der Waals surface area (Å²) in [4.78, 5) is 4.21. The van der Waals surface area contributed by atoms with E-state index < -0.39 is 10.0 Å². The van der Waals surface area contributed by atoms with Gasteiger partial charge in [0.15, 0.2) is 0 Å². The van der Waals surface area contributed by atoms with E-state index in [1.807, 2.05) is 6.07 Å². The second-order valence-electron chi connectivity index (χ2n) is 4.27. The molecule has 7 heteroatoms. The van der Waals surface area contributed by atoms with E-state index in [0.717, 1.165) is 10.0 Å². The summed E-state index contributed by atoms with van der Waals surface area (Å²) in [7, 11) is -3.67. The third-order valence-corrected chi connectivity index (χ3v) is 4.71. The summed E-state index contributed by atoms with van der Waals surface area (Å²) in [6.07, 6.45) is 1.53. The summed E-state index contributed by atoms with van der Waals surface area (Å²) < 4.78 is 28.0. The van der Waals surface area contributed by atoms with Crippen molar-refractivity contribution < 1.29 is 8.42 Å². The molecule has 1 heterocycles. The highest BCUT2D eigenvalue weighted by molar-refractivity contribution is 9.10. The first-order chi connectivity index (χ1) is 9.42. The zero-order valence-electron chi connectivity index (χ0n) is 10.8. The average molecular weight is 356 g/mol. The molecule has 3 N–H and O–H groups in total. The van der Waals surface area contributed by atoms with Gasteiger partial charge in [0.2, 0.25) is 0 Å². The van der Waals surface area contributed by atoms with Crippen LogP contribution in [0.3, 0.4) is 0 Å². The number of nitrogens with zero attached hydrogens (tertiary/aromatic N) is 1. The third kappa shape index (κ3) is 3.36. The van der Waals surface area contributed by atoms with Crippen LogP contribution in [-0.4, -0.2) is 13.4 Å². The molecule has 1 aromatic carbocycles. The van der Waals surface area contributed by atoms with E-state index >= 15 is 0 Å². The number of anilines is 1. The van der Waals surface area contributed by atoms with Crippen molar-refractivity contribution in [2.75, 3.05) is 4.72 Å². The van der Waals surface area contributed by atoms with Crippen LogP contribution in [0.4, 0.5) is 5.82 Å². The van der Waals surface area contributed by atoms with Gasteiger partial charge in [-0.25, -0.2) is 13.4 Å². The van der Waals surface area contributed by atoms with Crippen LogP contribution < -0.4 is 10.5 Å². The Kier molecular flexibility index (Phi) is 4.42. The maximum atomic E-state index is 12.4. The molecule has 0 aliphatic rings. The van der Waals surface area contributed by atoms with Crippen LogP contribution in [-0.2, 0) is 16.6 Å². The van der Waals surface area contributed by atoms with Crippen LogP contribution in [0.25, 0.3) is 0 Å².